The standard InChI is InChI=1S/C17H27ClN2O/c1-13(2)10-19-11-14-6-7-17(16(18)9-14)20(3)12-15-5-4-8-21-15/h6-7,9,13,15,19H,4-5,8,10-12H2,1-3H3. The van der Waals surface area contributed by atoms with Crippen LogP contribution >= 0.6 is 11.6 Å². The van der Waals surface area contributed by atoms with Crippen LogP contribution in [0, 0.1) is 5.92 Å². The van der Waals surface area contributed by atoms with Crippen LogP contribution in [0.15, 0.2) is 18.2 Å². The van der Waals surface area contributed by atoms with Gasteiger partial charge < -0.3 is 15.0 Å². The molecule has 0 saturated carbocycles. The molecule has 1 aliphatic rings. The van der Waals surface area contributed by atoms with Gasteiger partial charge in [-0.25, -0.2) is 0 Å². The molecule has 118 valence electrons. The number of hydrogen-bond acceptors (Lipinski definition) is 3. The third-order valence-electron chi connectivity index (χ3n) is 3.81. The predicted octanol–water partition coefficient (Wildman–Crippen LogP) is 3.70. The molecule has 4 heteroatoms. The number of halogens is 1. The highest BCUT2D eigenvalue weighted by Gasteiger charge is 2.18. The Balaban J connectivity index is 1.91. The Labute approximate surface area is 133 Å². The quantitative estimate of drug-likeness (QED) is 0.831. The number of likely N-dealkylation sites (N-methyl/N-ethyl adjacent to an activating group) is 1. The minimum atomic E-state index is 0.346. The summed E-state index contributed by atoms with van der Waals surface area (Å²) in [6.07, 6.45) is 2.67. The van der Waals surface area contributed by atoms with Gasteiger partial charge in [-0.3, -0.25) is 0 Å². The van der Waals surface area contributed by atoms with Gasteiger partial charge in [0.15, 0.2) is 0 Å². The lowest BCUT2D eigenvalue weighted by Gasteiger charge is -2.24. The van der Waals surface area contributed by atoms with E-state index in [2.05, 4.69) is 49.3 Å². The number of hydrogen-bond donors (Lipinski definition) is 1. The van der Waals surface area contributed by atoms with E-state index in [1.165, 1.54) is 12.0 Å². The van der Waals surface area contributed by atoms with E-state index < -0.39 is 0 Å². The summed E-state index contributed by atoms with van der Waals surface area (Å²) in [5.41, 5.74) is 2.31. The molecule has 1 aromatic rings. The summed E-state index contributed by atoms with van der Waals surface area (Å²) in [5, 5.41) is 4.26. The zero-order chi connectivity index (χ0) is 15.2. The van der Waals surface area contributed by atoms with Gasteiger partial charge in [-0.2, -0.15) is 0 Å². The Morgan fingerprint density at radius 1 is 1.43 bits per heavy atom. The molecule has 3 nitrogen and oxygen atoms in total. The zero-order valence-corrected chi connectivity index (χ0v) is 14.1. The third kappa shape index (κ3) is 5.17. The largest absolute Gasteiger partial charge is 0.376 e. The lowest BCUT2D eigenvalue weighted by molar-refractivity contribution is 0.116. The molecule has 1 saturated heterocycles. The summed E-state index contributed by atoms with van der Waals surface area (Å²) in [6, 6.07) is 6.33. The van der Waals surface area contributed by atoms with Crippen molar-refractivity contribution in [2.45, 2.75) is 39.3 Å². The summed E-state index contributed by atoms with van der Waals surface area (Å²) in [4.78, 5) is 2.20. The first-order valence-corrected chi connectivity index (χ1v) is 8.26. The maximum atomic E-state index is 6.44. The second kappa shape index (κ2) is 8.02. The summed E-state index contributed by atoms with van der Waals surface area (Å²) in [5.74, 6) is 0.664. The predicted molar refractivity (Wildman–Crippen MR) is 90.2 cm³/mol. The third-order valence-corrected chi connectivity index (χ3v) is 4.11. The SMILES string of the molecule is CC(C)CNCc1ccc(N(C)CC2CCCO2)c(Cl)c1. The van der Waals surface area contributed by atoms with Crippen molar-refractivity contribution in [3.63, 3.8) is 0 Å². The van der Waals surface area contributed by atoms with Crippen molar-refractivity contribution in [2.75, 3.05) is 31.6 Å². The van der Waals surface area contributed by atoms with E-state index in [4.69, 9.17) is 16.3 Å². The second-order valence-corrected chi connectivity index (χ2v) is 6.73. The maximum absolute atomic E-state index is 6.44. The Kier molecular flexibility index (Phi) is 6.34. The van der Waals surface area contributed by atoms with Crippen molar-refractivity contribution in [2.24, 2.45) is 5.92 Å². The van der Waals surface area contributed by atoms with Crippen LogP contribution in [0.3, 0.4) is 0 Å². The zero-order valence-electron chi connectivity index (χ0n) is 13.4. The van der Waals surface area contributed by atoms with E-state index in [0.717, 1.165) is 43.4 Å². The molecule has 0 aromatic heterocycles. The number of nitrogens with zero attached hydrogens (tertiary/aromatic N) is 1. The summed E-state index contributed by atoms with van der Waals surface area (Å²) < 4.78 is 5.69. The number of rotatable bonds is 7. The van der Waals surface area contributed by atoms with Crippen molar-refractivity contribution in [3.8, 4) is 0 Å². The van der Waals surface area contributed by atoms with Gasteiger partial charge in [-0.15, -0.1) is 0 Å². The van der Waals surface area contributed by atoms with Crippen LogP contribution in [-0.2, 0) is 11.3 Å². The first-order chi connectivity index (χ1) is 10.1. The lowest BCUT2D eigenvalue weighted by Crippen LogP contribution is -2.28. The molecule has 1 heterocycles. The van der Waals surface area contributed by atoms with Crippen molar-refractivity contribution in [1.29, 1.82) is 0 Å². The molecule has 1 N–H and O–H groups in total. The Morgan fingerprint density at radius 3 is 2.86 bits per heavy atom. The smallest absolute Gasteiger partial charge is 0.0750 e. The number of benzene rings is 1. The second-order valence-electron chi connectivity index (χ2n) is 6.33. The summed E-state index contributed by atoms with van der Waals surface area (Å²) in [6.45, 7) is 8.12. The van der Waals surface area contributed by atoms with Gasteiger partial charge in [0.2, 0.25) is 0 Å². The topological polar surface area (TPSA) is 24.5 Å². The highest BCUT2D eigenvalue weighted by Crippen LogP contribution is 2.27. The average Bonchev–Trinajstić information content (AvgIpc) is 2.91. The van der Waals surface area contributed by atoms with Crippen LogP contribution in [0.4, 0.5) is 5.69 Å². The highest BCUT2D eigenvalue weighted by molar-refractivity contribution is 6.33. The van der Waals surface area contributed by atoms with Crippen molar-refractivity contribution in [3.05, 3.63) is 28.8 Å². The molecule has 1 atom stereocenters. The molecule has 21 heavy (non-hydrogen) atoms. The van der Waals surface area contributed by atoms with E-state index in [0.29, 0.717) is 12.0 Å². The molecule has 0 spiro atoms. The van der Waals surface area contributed by atoms with E-state index in [9.17, 15) is 0 Å². The minimum absolute atomic E-state index is 0.346. The van der Waals surface area contributed by atoms with E-state index in [1.807, 2.05) is 0 Å². The van der Waals surface area contributed by atoms with Crippen LogP contribution in [0.25, 0.3) is 0 Å². The van der Waals surface area contributed by atoms with Gasteiger partial charge in [-0.05, 0) is 43.0 Å². The lowest BCUT2D eigenvalue weighted by atomic mass is 10.1. The van der Waals surface area contributed by atoms with Gasteiger partial charge in [0, 0.05) is 26.7 Å². The molecule has 0 amide bonds. The molecule has 1 aliphatic heterocycles. The monoisotopic (exact) mass is 310 g/mol. The van der Waals surface area contributed by atoms with Crippen LogP contribution in [0.2, 0.25) is 5.02 Å². The van der Waals surface area contributed by atoms with E-state index in [1.54, 1.807) is 0 Å². The van der Waals surface area contributed by atoms with E-state index >= 15 is 0 Å². The van der Waals surface area contributed by atoms with Gasteiger partial charge in [0.05, 0.1) is 16.8 Å². The van der Waals surface area contributed by atoms with Crippen molar-refractivity contribution >= 4 is 17.3 Å². The first kappa shape index (κ1) is 16.6. The van der Waals surface area contributed by atoms with Crippen LogP contribution in [0.1, 0.15) is 32.3 Å². The Hall–Kier alpha value is -0.770. The molecule has 1 fully saturated rings. The molecule has 1 aromatic carbocycles. The van der Waals surface area contributed by atoms with Crippen LogP contribution in [0.5, 0.6) is 0 Å². The van der Waals surface area contributed by atoms with Gasteiger partial charge in [0.1, 0.15) is 0 Å². The number of anilines is 1. The average molecular weight is 311 g/mol. The molecule has 2 rings (SSSR count). The minimum Gasteiger partial charge on any atom is -0.376 e. The Bertz CT molecular complexity index is 444. The molecular formula is C17H27ClN2O. The molecule has 0 bridgehead atoms. The van der Waals surface area contributed by atoms with Gasteiger partial charge >= 0.3 is 0 Å². The van der Waals surface area contributed by atoms with Crippen LogP contribution < -0.4 is 10.2 Å². The summed E-state index contributed by atoms with van der Waals surface area (Å²) in [7, 11) is 2.08. The van der Waals surface area contributed by atoms with E-state index in [-0.39, 0.29) is 0 Å². The molecule has 1 unspecified atom stereocenters. The van der Waals surface area contributed by atoms with Gasteiger partial charge in [-0.1, -0.05) is 31.5 Å². The number of ether oxygens (including phenoxy) is 1. The number of nitrogens with one attached hydrogen (secondary N) is 1. The molecular weight excluding hydrogens is 284 g/mol. The highest BCUT2D eigenvalue weighted by atomic mass is 35.5. The van der Waals surface area contributed by atoms with Crippen LogP contribution in [-0.4, -0.2) is 32.8 Å². The van der Waals surface area contributed by atoms with Gasteiger partial charge in [0.25, 0.3) is 0 Å². The maximum Gasteiger partial charge on any atom is 0.0750 e. The fourth-order valence-electron chi connectivity index (χ4n) is 2.67. The fourth-order valence-corrected chi connectivity index (χ4v) is 3.01. The normalized spacial score (nSPS) is 18.4. The fraction of sp³-hybridized carbons (Fsp3) is 0.647. The van der Waals surface area contributed by atoms with Crippen molar-refractivity contribution < 1.29 is 4.74 Å². The Morgan fingerprint density at radius 2 is 2.24 bits per heavy atom. The molecule has 0 radical (unpaired) electrons. The molecule has 0 aliphatic carbocycles. The first-order valence-electron chi connectivity index (χ1n) is 7.88. The summed E-state index contributed by atoms with van der Waals surface area (Å²) >= 11 is 6.44. The van der Waals surface area contributed by atoms with Crippen molar-refractivity contribution in [1.82, 2.24) is 5.32 Å².